The van der Waals surface area contributed by atoms with Gasteiger partial charge in [-0.05, 0) is 55.2 Å². The molecule has 2 N–H and O–H groups in total. The number of urea groups is 1. The van der Waals surface area contributed by atoms with Gasteiger partial charge in [-0.15, -0.1) is 0 Å². The molecule has 2 aromatic rings. The minimum absolute atomic E-state index is 0.0669. The average molecular weight is 385 g/mol. The molecule has 0 spiro atoms. The SMILES string of the molecule is CNC(=O)c1cc(NC(=O)N2CCCC[C@H]2c2cccc(OC)c2)ccc1F. The van der Waals surface area contributed by atoms with Gasteiger partial charge >= 0.3 is 6.03 Å². The first-order valence-corrected chi connectivity index (χ1v) is 9.26. The first-order valence-electron chi connectivity index (χ1n) is 9.26. The molecule has 3 amide bonds. The van der Waals surface area contributed by atoms with Crippen LogP contribution in [0.3, 0.4) is 0 Å². The number of piperidine rings is 1. The Morgan fingerprint density at radius 3 is 2.75 bits per heavy atom. The topological polar surface area (TPSA) is 70.7 Å². The zero-order chi connectivity index (χ0) is 20.1. The lowest BCUT2D eigenvalue weighted by Crippen LogP contribution is -2.41. The highest BCUT2D eigenvalue weighted by atomic mass is 19.1. The fourth-order valence-corrected chi connectivity index (χ4v) is 3.48. The van der Waals surface area contributed by atoms with Gasteiger partial charge in [0.25, 0.3) is 5.91 Å². The molecule has 148 valence electrons. The van der Waals surface area contributed by atoms with Crippen LogP contribution in [0.1, 0.15) is 41.2 Å². The first kappa shape index (κ1) is 19.7. The first-order chi connectivity index (χ1) is 13.5. The van der Waals surface area contributed by atoms with E-state index in [1.807, 2.05) is 24.3 Å². The number of likely N-dealkylation sites (tertiary alicyclic amines) is 1. The van der Waals surface area contributed by atoms with Crippen LogP contribution >= 0.6 is 0 Å². The number of halogens is 1. The Kier molecular flexibility index (Phi) is 6.13. The van der Waals surface area contributed by atoms with E-state index in [4.69, 9.17) is 4.74 Å². The summed E-state index contributed by atoms with van der Waals surface area (Å²) in [7, 11) is 3.04. The van der Waals surface area contributed by atoms with Crippen molar-refractivity contribution in [2.75, 3.05) is 26.0 Å². The van der Waals surface area contributed by atoms with Crippen LogP contribution in [0.4, 0.5) is 14.9 Å². The van der Waals surface area contributed by atoms with Crippen LogP contribution in [0.15, 0.2) is 42.5 Å². The van der Waals surface area contributed by atoms with E-state index >= 15 is 0 Å². The molecule has 2 aromatic carbocycles. The second kappa shape index (κ2) is 8.73. The van der Waals surface area contributed by atoms with Crippen LogP contribution in [0.25, 0.3) is 0 Å². The highest BCUT2D eigenvalue weighted by Gasteiger charge is 2.28. The Morgan fingerprint density at radius 2 is 2.00 bits per heavy atom. The third-order valence-electron chi connectivity index (χ3n) is 4.93. The van der Waals surface area contributed by atoms with Gasteiger partial charge in [0.2, 0.25) is 0 Å². The molecule has 0 aliphatic carbocycles. The van der Waals surface area contributed by atoms with Gasteiger partial charge in [-0.2, -0.15) is 0 Å². The van der Waals surface area contributed by atoms with E-state index < -0.39 is 11.7 Å². The molecule has 0 saturated carbocycles. The van der Waals surface area contributed by atoms with Gasteiger partial charge in [-0.25, -0.2) is 9.18 Å². The summed E-state index contributed by atoms with van der Waals surface area (Å²) >= 11 is 0. The maximum atomic E-state index is 13.9. The van der Waals surface area contributed by atoms with Crippen molar-refractivity contribution in [3.8, 4) is 5.75 Å². The molecule has 0 unspecified atom stereocenters. The molecule has 1 fully saturated rings. The maximum Gasteiger partial charge on any atom is 0.322 e. The number of carbonyl (C=O) groups excluding carboxylic acids is 2. The fourth-order valence-electron chi connectivity index (χ4n) is 3.48. The molecule has 0 radical (unpaired) electrons. The Labute approximate surface area is 163 Å². The zero-order valence-corrected chi connectivity index (χ0v) is 16.0. The number of methoxy groups -OCH3 is 1. The summed E-state index contributed by atoms with van der Waals surface area (Å²) in [4.78, 5) is 26.5. The third kappa shape index (κ3) is 4.24. The summed E-state index contributed by atoms with van der Waals surface area (Å²) in [5, 5.41) is 5.19. The molecule has 1 aliphatic rings. The van der Waals surface area contributed by atoms with Crippen molar-refractivity contribution in [3.05, 3.63) is 59.4 Å². The number of rotatable bonds is 4. The number of anilines is 1. The van der Waals surface area contributed by atoms with Crippen molar-refractivity contribution in [2.45, 2.75) is 25.3 Å². The molecule has 0 aromatic heterocycles. The fraction of sp³-hybridized carbons (Fsp3) is 0.333. The molecular formula is C21H24FN3O3. The molecular weight excluding hydrogens is 361 g/mol. The molecule has 1 heterocycles. The highest BCUT2D eigenvalue weighted by Crippen LogP contribution is 2.33. The standard InChI is InChI=1S/C21H24FN3O3/c1-23-20(26)17-13-15(9-10-18(17)22)24-21(27)25-11-4-3-8-19(25)14-6-5-7-16(12-14)28-2/h5-7,9-10,12-13,19H,3-4,8,11H2,1-2H3,(H,23,26)(H,24,27)/t19-/m0/s1. The van der Waals surface area contributed by atoms with Gasteiger partial charge in [0.15, 0.2) is 0 Å². The van der Waals surface area contributed by atoms with Gasteiger partial charge in [0.1, 0.15) is 11.6 Å². The van der Waals surface area contributed by atoms with Crippen molar-refractivity contribution >= 4 is 17.6 Å². The Balaban J connectivity index is 1.81. The lowest BCUT2D eigenvalue weighted by Gasteiger charge is -2.36. The highest BCUT2D eigenvalue weighted by molar-refractivity contribution is 5.97. The zero-order valence-electron chi connectivity index (χ0n) is 16.0. The summed E-state index contributed by atoms with van der Waals surface area (Å²) in [5.74, 6) is -0.428. The quantitative estimate of drug-likeness (QED) is 0.837. The number of nitrogens with zero attached hydrogens (tertiary/aromatic N) is 1. The molecule has 1 aliphatic heterocycles. The average Bonchev–Trinajstić information content (AvgIpc) is 2.74. The number of nitrogens with one attached hydrogen (secondary N) is 2. The Morgan fingerprint density at radius 1 is 1.18 bits per heavy atom. The van der Waals surface area contributed by atoms with Gasteiger partial charge < -0.3 is 20.3 Å². The van der Waals surface area contributed by atoms with E-state index in [2.05, 4.69) is 10.6 Å². The van der Waals surface area contributed by atoms with E-state index in [1.165, 1.54) is 25.2 Å². The monoisotopic (exact) mass is 385 g/mol. The van der Waals surface area contributed by atoms with Gasteiger partial charge in [-0.3, -0.25) is 4.79 Å². The predicted octanol–water partition coefficient (Wildman–Crippen LogP) is 3.95. The Hall–Kier alpha value is -3.09. The smallest absolute Gasteiger partial charge is 0.322 e. The lowest BCUT2D eigenvalue weighted by atomic mass is 9.95. The molecule has 6 nitrogen and oxygen atoms in total. The maximum absolute atomic E-state index is 13.9. The minimum Gasteiger partial charge on any atom is -0.497 e. The van der Waals surface area contributed by atoms with Crippen LogP contribution < -0.4 is 15.4 Å². The van der Waals surface area contributed by atoms with Crippen LogP contribution in [0.2, 0.25) is 0 Å². The van der Waals surface area contributed by atoms with Crippen molar-refractivity contribution in [1.82, 2.24) is 10.2 Å². The van der Waals surface area contributed by atoms with E-state index in [0.29, 0.717) is 12.2 Å². The molecule has 0 bridgehead atoms. The summed E-state index contributed by atoms with van der Waals surface area (Å²) in [6.45, 7) is 0.622. The summed E-state index contributed by atoms with van der Waals surface area (Å²) < 4.78 is 19.2. The Bertz CT molecular complexity index is 872. The van der Waals surface area contributed by atoms with E-state index in [-0.39, 0.29) is 17.6 Å². The molecule has 28 heavy (non-hydrogen) atoms. The van der Waals surface area contributed by atoms with E-state index in [0.717, 1.165) is 30.6 Å². The number of benzene rings is 2. The number of amides is 3. The van der Waals surface area contributed by atoms with Gasteiger partial charge in [0, 0.05) is 19.3 Å². The van der Waals surface area contributed by atoms with Gasteiger partial charge in [-0.1, -0.05) is 12.1 Å². The second-order valence-electron chi connectivity index (χ2n) is 6.69. The van der Waals surface area contributed by atoms with E-state index in [9.17, 15) is 14.0 Å². The van der Waals surface area contributed by atoms with Crippen molar-refractivity contribution in [1.29, 1.82) is 0 Å². The van der Waals surface area contributed by atoms with Crippen molar-refractivity contribution in [2.24, 2.45) is 0 Å². The van der Waals surface area contributed by atoms with E-state index in [1.54, 1.807) is 12.0 Å². The predicted molar refractivity (Wildman–Crippen MR) is 105 cm³/mol. The number of ether oxygens (including phenoxy) is 1. The van der Waals surface area contributed by atoms with Crippen molar-refractivity contribution in [3.63, 3.8) is 0 Å². The van der Waals surface area contributed by atoms with Crippen LogP contribution in [-0.2, 0) is 0 Å². The number of carbonyl (C=O) groups is 2. The normalized spacial score (nSPS) is 16.4. The molecule has 1 atom stereocenters. The van der Waals surface area contributed by atoms with Crippen LogP contribution in [0, 0.1) is 5.82 Å². The molecule has 3 rings (SSSR count). The molecule has 1 saturated heterocycles. The molecule has 7 heteroatoms. The minimum atomic E-state index is -0.635. The summed E-state index contributed by atoms with van der Waals surface area (Å²) in [5.41, 5.74) is 1.28. The summed E-state index contributed by atoms with van der Waals surface area (Å²) in [6, 6.07) is 11.3. The number of hydrogen-bond donors (Lipinski definition) is 2. The van der Waals surface area contributed by atoms with Crippen LogP contribution in [-0.4, -0.2) is 37.5 Å². The van der Waals surface area contributed by atoms with Crippen LogP contribution in [0.5, 0.6) is 5.75 Å². The summed E-state index contributed by atoms with van der Waals surface area (Å²) in [6.07, 6.45) is 2.80. The third-order valence-corrected chi connectivity index (χ3v) is 4.93. The van der Waals surface area contributed by atoms with Gasteiger partial charge in [0.05, 0.1) is 18.7 Å². The lowest BCUT2D eigenvalue weighted by molar-refractivity contribution is 0.0959. The second-order valence-corrected chi connectivity index (χ2v) is 6.69. The number of hydrogen-bond acceptors (Lipinski definition) is 3. The van der Waals surface area contributed by atoms with Crippen molar-refractivity contribution < 1.29 is 18.7 Å². The largest absolute Gasteiger partial charge is 0.497 e.